The van der Waals surface area contributed by atoms with E-state index in [-0.39, 0.29) is 12.5 Å². The Labute approximate surface area is 118 Å². The summed E-state index contributed by atoms with van der Waals surface area (Å²) in [6.45, 7) is 0.170. The van der Waals surface area contributed by atoms with Gasteiger partial charge < -0.3 is 16.2 Å². The van der Waals surface area contributed by atoms with E-state index in [2.05, 4.69) is 5.32 Å². The number of nitrogens with one attached hydrogen (secondary N) is 1. The SMILES string of the molecule is N[C@@H](Cc1ccccc1)C(=O)NCC1(C(=O)O)CCC1. The van der Waals surface area contributed by atoms with E-state index in [0.717, 1.165) is 12.0 Å². The summed E-state index contributed by atoms with van der Waals surface area (Å²) in [4.78, 5) is 23.1. The average molecular weight is 276 g/mol. The second-order valence-electron chi connectivity index (χ2n) is 5.45. The molecular formula is C15H20N2O3. The van der Waals surface area contributed by atoms with Crippen LogP contribution in [0.1, 0.15) is 24.8 Å². The van der Waals surface area contributed by atoms with Crippen molar-refractivity contribution in [2.24, 2.45) is 11.1 Å². The van der Waals surface area contributed by atoms with Crippen LogP contribution in [0.25, 0.3) is 0 Å². The third-order valence-electron chi connectivity index (χ3n) is 4.00. The summed E-state index contributed by atoms with van der Waals surface area (Å²) in [5.74, 6) is -1.12. The summed E-state index contributed by atoms with van der Waals surface area (Å²) < 4.78 is 0. The van der Waals surface area contributed by atoms with Crippen molar-refractivity contribution >= 4 is 11.9 Å². The monoisotopic (exact) mass is 276 g/mol. The third kappa shape index (κ3) is 3.17. The molecule has 108 valence electrons. The van der Waals surface area contributed by atoms with Crippen molar-refractivity contribution in [3.63, 3.8) is 0 Å². The minimum absolute atomic E-state index is 0.170. The number of carboxylic acids is 1. The lowest BCUT2D eigenvalue weighted by molar-refractivity contribution is -0.154. The van der Waals surface area contributed by atoms with Crippen molar-refractivity contribution in [1.29, 1.82) is 0 Å². The predicted octanol–water partition coefficient (Wildman–Crippen LogP) is 0.927. The van der Waals surface area contributed by atoms with Gasteiger partial charge in [-0.25, -0.2) is 0 Å². The van der Waals surface area contributed by atoms with Gasteiger partial charge in [-0.3, -0.25) is 9.59 Å². The van der Waals surface area contributed by atoms with Crippen LogP contribution >= 0.6 is 0 Å². The number of carbonyl (C=O) groups is 2. The van der Waals surface area contributed by atoms with Gasteiger partial charge in [0.2, 0.25) is 5.91 Å². The number of rotatable bonds is 6. The first-order valence-corrected chi connectivity index (χ1v) is 6.84. The Balaban J connectivity index is 1.84. The van der Waals surface area contributed by atoms with Crippen molar-refractivity contribution in [3.05, 3.63) is 35.9 Å². The molecule has 1 aliphatic carbocycles. The highest BCUT2D eigenvalue weighted by atomic mass is 16.4. The highest BCUT2D eigenvalue weighted by molar-refractivity contribution is 5.83. The molecular weight excluding hydrogens is 256 g/mol. The van der Waals surface area contributed by atoms with Crippen LogP contribution < -0.4 is 11.1 Å². The Bertz CT molecular complexity index is 483. The zero-order valence-corrected chi connectivity index (χ0v) is 11.3. The topological polar surface area (TPSA) is 92.4 Å². The average Bonchev–Trinajstić information content (AvgIpc) is 2.37. The lowest BCUT2D eigenvalue weighted by Gasteiger charge is -2.37. The van der Waals surface area contributed by atoms with Gasteiger partial charge >= 0.3 is 5.97 Å². The van der Waals surface area contributed by atoms with Crippen LogP contribution in [0.5, 0.6) is 0 Å². The molecule has 5 nitrogen and oxygen atoms in total. The third-order valence-corrected chi connectivity index (χ3v) is 4.00. The van der Waals surface area contributed by atoms with Crippen molar-refractivity contribution in [1.82, 2.24) is 5.32 Å². The van der Waals surface area contributed by atoms with Crippen molar-refractivity contribution in [2.45, 2.75) is 31.7 Å². The molecule has 0 aromatic heterocycles. The molecule has 0 spiro atoms. The molecule has 0 aliphatic heterocycles. The van der Waals surface area contributed by atoms with Crippen LogP contribution in [0.3, 0.4) is 0 Å². The summed E-state index contributed by atoms with van der Waals surface area (Å²) in [7, 11) is 0. The second kappa shape index (κ2) is 6.05. The van der Waals surface area contributed by atoms with Crippen LogP contribution in [0.2, 0.25) is 0 Å². The number of amides is 1. The first kappa shape index (κ1) is 14.5. The molecule has 1 aliphatic rings. The van der Waals surface area contributed by atoms with E-state index in [4.69, 9.17) is 5.73 Å². The van der Waals surface area contributed by atoms with E-state index in [1.807, 2.05) is 30.3 Å². The molecule has 5 heteroatoms. The summed E-state index contributed by atoms with van der Waals surface area (Å²) in [6, 6.07) is 8.88. The maximum atomic E-state index is 11.9. The molecule has 1 amide bonds. The molecule has 1 fully saturated rings. The number of carboxylic acid groups (broad SMARTS) is 1. The molecule has 1 aromatic carbocycles. The van der Waals surface area contributed by atoms with Crippen molar-refractivity contribution in [2.75, 3.05) is 6.54 Å². The van der Waals surface area contributed by atoms with Gasteiger partial charge in [0.05, 0.1) is 11.5 Å². The van der Waals surface area contributed by atoms with Gasteiger partial charge in [-0.2, -0.15) is 0 Å². The fraction of sp³-hybridized carbons (Fsp3) is 0.467. The smallest absolute Gasteiger partial charge is 0.311 e. The Morgan fingerprint density at radius 1 is 1.30 bits per heavy atom. The fourth-order valence-corrected chi connectivity index (χ4v) is 2.42. The zero-order chi connectivity index (χ0) is 14.6. The van der Waals surface area contributed by atoms with E-state index in [9.17, 15) is 14.7 Å². The summed E-state index contributed by atoms with van der Waals surface area (Å²) in [6.07, 6.45) is 2.60. The minimum Gasteiger partial charge on any atom is -0.481 e. The Kier molecular flexibility index (Phi) is 4.39. The normalized spacial score (nSPS) is 17.9. The maximum absolute atomic E-state index is 11.9. The molecule has 0 heterocycles. The van der Waals surface area contributed by atoms with Crippen LogP contribution in [-0.2, 0) is 16.0 Å². The Morgan fingerprint density at radius 3 is 2.45 bits per heavy atom. The van der Waals surface area contributed by atoms with E-state index < -0.39 is 17.4 Å². The molecule has 4 N–H and O–H groups in total. The van der Waals surface area contributed by atoms with Crippen LogP contribution in [0.4, 0.5) is 0 Å². The quantitative estimate of drug-likeness (QED) is 0.720. The van der Waals surface area contributed by atoms with Crippen LogP contribution in [-0.4, -0.2) is 29.6 Å². The van der Waals surface area contributed by atoms with Gasteiger partial charge in [-0.15, -0.1) is 0 Å². The van der Waals surface area contributed by atoms with Gasteiger partial charge in [0.15, 0.2) is 0 Å². The standard InChI is InChI=1S/C15H20N2O3/c16-12(9-11-5-2-1-3-6-11)13(18)17-10-15(14(19)20)7-4-8-15/h1-3,5-6,12H,4,7-10,16H2,(H,17,18)(H,19,20)/t12-/m0/s1. The van der Waals surface area contributed by atoms with Crippen molar-refractivity contribution < 1.29 is 14.7 Å². The van der Waals surface area contributed by atoms with Crippen LogP contribution in [0, 0.1) is 5.41 Å². The molecule has 2 rings (SSSR count). The molecule has 0 radical (unpaired) electrons. The number of aliphatic carboxylic acids is 1. The van der Waals surface area contributed by atoms with Crippen molar-refractivity contribution in [3.8, 4) is 0 Å². The second-order valence-corrected chi connectivity index (χ2v) is 5.45. The molecule has 1 aromatic rings. The van der Waals surface area contributed by atoms with Gasteiger partial charge in [-0.1, -0.05) is 36.8 Å². The molecule has 0 bridgehead atoms. The van der Waals surface area contributed by atoms with Crippen LogP contribution in [0.15, 0.2) is 30.3 Å². The Morgan fingerprint density at radius 2 is 1.95 bits per heavy atom. The van der Waals surface area contributed by atoms with E-state index >= 15 is 0 Å². The summed E-state index contributed by atoms with van der Waals surface area (Å²) >= 11 is 0. The number of benzene rings is 1. The maximum Gasteiger partial charge on any atom is 0.311 e. The van der Waals surface area contributed by atoms with Gasteiger partial charge in [0.1, 0.15) is 0 Å². The molecule has 1 atom stereocenters. The first-order chi connectivity index (χ1) is 9.53. The lowest BCUT2D eigenvalue weighted by Crippen LogP contribution is -2.51. The summed E-state index contributed by atoms with van der Waals surface area (Å²) in [5, 5.41) is 11.9. The first-order valence-electron chi connectivity index (χ1n) is 6.84. The number of nitrogens with two attached hydrogens (primary N) is 1. The van der Waals surface area contributed by atoms with E-state index in [0.29, 0.717) is 19.3 Å². The van der Waals surface area contributed by atoms with E-state index in [1.54, 1.807) is 0 Å². The van der Waals surface area contributed by atoms with E-state index in [1.165, 1.54) is 0 Å². The molecule has 0 unspecified atom stereocenters. The largest absolute Gasteiger partial charge is 0.481 e. The predicted molar refractivity (Wildman–Crippen MR) is 75.1 cm³/mol. The van der Waals surface area contributed by atoms with Gasteiger partial charge in [0, 0.05) is 6.54 Å². The number of hydrogen-bond acceptors (Lipinski definition) is 3. The Hall–Kier alpha value is -1.88. The number of hydrogen-bond donors (Lipinski definition) is 3. The molecule has 1 saturated carbocycles. The molecule has 20 heavy (non-hydrogen) atoms. The minimum atomic E-state index is -0.833. The summed E-state index contributed by atoms with van der Waals surface area (Å²) in [5.41, 5.74) is 6.07. The molecule has 0 saturated heterocycles. The number of carbonyl (C=O) groups excluding carboxylic acids is 1. The van der Waals surface area contributed by atoms with Gasteiger partial charge in [-0.05, 0) is 24.8 Å². The highest BCUT2D eigenvalue weighted by Crippen LogP contribution is 2.40. The highest BCUT2D eigenvalue weighted by Gasteiger charge is 2.44. The van der Waals surface area contributed by atoms with Gasteiger partial charge in [0.25, 0.3) is 0 Å². The lowest BCUT2D eigenvalue weighted by atomic mass is 9.69. The zero-order valence-electron chi connectivity index (χ0n) is 11.3. The fourth-order valence-electron chi connectivity index (χ4n) is 2.42.